The normalized spacial score (nSPS) is 14.0. The van der Waals surface area contributed by atoms with E-state index in [0.717, 1.165) is 32.5 Å². The van der Waals surface area contributed by atoms with Gasteiger partial charge in [-0.15, -0.1) is 11.3 Å². The van der Waals surface area contributed by atoms with Crippen molar-refractivity contribution >= 4 is 34.1 Å². The van der Waals surface area contributed by atoms with Gasteiger partial charge in [0.2, 0.25) is 0 Å². The number of carbonyl (C=O) groups excluding carboxylic acids is 2. The summed E-state index contributed by atoms with van der Waals surface area (Å²) in [6.07, 6.45) is 0. The van der Waals surface area contributed by atoms with Crippen LogP contribution >= 0.6 is 11.3 Å². The fourth-order valence-corrected chi connectivity index (χ4v) is 5.18. The Morgan fingerprint density at radius 3 is 2.14 bits per heavy atom. The first-order valence-electron chi connectivity index (χ1n) is 11.1. The molecule has 8 heteroatoms. The van der Waals surface area contributed by atoms with Gasteiger partial charge in [-0.05, 0) is 38.5 Å². The van der Waals surface area contributed by atoms with Crippen LogP contribution in [0.1, 0.15) is 30.2 Å². The van der Waals surface area contributed by atoms with Gasteiger partial charge in [-0.25, -0.2) is 14.6 Å². The predicted octanol–water partition coefficient (Wildman–Crippen LogP) is 5.44. The quantitative estimate of drug-likeness (QED) is 0.446. The number of carbonyl (C=O) groups is 2. The standard InChI is InChI=1S/C27H27N3O4S/c1-15-21(25(31)33-4)23(22(16(2)28-15)26(32)34-5)19-12-9-13-20(14-19)29-27-30-24(17(3)35-27)18-10-7-6-8-11-18/h6-14,23,28H,1-5H3,(H,29,30). The van der Waals surface area contributed by atoms with Gasteiger partial charge in [0.1, 0.15) is 0 Å². The summed E-state index contributed by atoms with van der Waals surface area (Å²) in [6.45, 7) is 5.63. The fourth-order valence-electron chi connectivity index (χ4n) is 4.32. The molecule has 180 valence electrons. The number of dihydropyridines is 1. The molecule has 0 saturated heterocycles. The van der Waals surface area contributed by atoms with E-state index < -0.39 is 17.9 Å². The van der Waals surface area contributed by atoms with Crippen LogP contribution in [0.5, 0.6) is 0 Å². The van der Waals surface area contributed by atoms with E-state index in [2.05, 4.69) is 10.6 Å². The number of esters is 2. The van der Waals surface area contributed by atoms with Crippen molar-refractivity contribution in [3.63, 3.8) is 0 Å². The van der Waals surface area contributed by atoms with E-state index in [1.165, 1.54) is 14.2 Å². The van der Waals surface area contributed by atoms with Gasteiger partial charge in [-0.2, -0.15) is 0 Å². The molecule has 0 bridgehead atoms. The number of hydrogen-bond acceptors (Lipinski definition) is 8. The molecule has 1 aromatic heterocycles. The molecule has 2 N–H and O–H groups in total. The number of hydrogen-bond donors (Lipinski definition) is 2. The summed E-state index contributed by atoms with van der Waals surface area (Å²) in [7, 11) is 2.66. The summed E-state index contributed by atoms with van der Waals surface area (Å²) in [4.78, 5) is 31.4. The van der Waals surface area contributed by atoms with E-state index in [9.17, 15) is 9.59 Å². The predicted molar refractivity (Wildman–Crippen MR) is 137 cm³/mol. The van der Waals surface area contributed by atoms with Crippen LogP contribution in [0.25, 0.3) is 11.3 Å². The molecule has 0 unspecified atom stereocenters. The summed E-state index contributed by atoms with van der Waals surface area (Å²) >= 11 is 1.57. The van der Waals surface area contributed by atoms with Gasteiger partial charge in [0.15, 0.2) is 5.13 Å². The molecule has 35 heavy (non-hydrogen) atoms. The number of rotatable bonds is 6. The zero-order chi connectivity index (χ0) is 25.1. The SMILES string of the molecule is COC(=O)C1=C(C)NC(C)=C(C(=O)OC)C1c1cccc(Nc2nc(-c3ccccc3)c(C)s2)c1. The second-order valence-corrected chi connectivity index (χ2v) is 9.36. The maximum atomic E-state index is 12.8. The molecule has 3 aromatic rings. The average molecular weight is 490 g/mol. The molecule has 0 atom stereocenters. The zero-order valence-electron chi connectivity index (χ0n) is 20.3. The Kier molecular flexibility index (Phi) is 7.02. The molecular formula is C27H27N3O4S. The molecule has 4 rings (SSSR count). The van der Waals surface area contributed by atoms with Crippen molar-refractivity contribution < 1.29 is 19.1 Å². The lowest BCUT2D eigenvalue weighted by atomic mass is 9.80. The second kappa shape index (κ2) is 10.1. The minimum absolute atomic E-state index is 0.368. The highest BCUT2D eigenvalue weighted by molar-refractivity contribution is 7.16. The summed E-state index contributed by atoms with van der Waals surface area (Å²) in [6, 6.07) is 17.6. The highest BCUT2D eigenvalue weighted by atomic mass is 32.1. The molecule has 0 aliphatic carbocycles. The van der Waals surface area contributed by atoms with Crippen LogP contribution in [0.15, 0.2) is 77.1 Å². The van der Waals surface area contributed by atoms with Gasteiger partial charge in [0.25, 0.3) is 0 Å². The van der Waals surface area contributed by atoms with Crippen molar-refractivity contribution in [3.8, 4) is 11.3 Å². The summed E-state index contributed by atoms with van der Waals surface area (Å²) < 4.78 is 10.1. The molecule has 0 radical (unpaired) electrons. The van der Waals surface area contributed by atoms with Crippen LogP contribution in [0, 0.1) is 6.92 Å². The van der Waals surface area contributed by atoms with E-state index in [1.54, 1.807) is 25.2 Å². The first-order valence-corrected chi connectivity index (χ1v) is 11.9. The molecule has 0 spiro atoms. The Morgan fingerprint density at radius 2 is 1.54 bits per heavy atom. The highest BCUT2D eigenvalue weighted by Gasteiger charge is 2.37. The first-order chi connectivity index (χ1) is 16.8. The fraction of sp³-hybridized carbons (Fsp3) is 0.222. The molecule has 2 heterocycles. The van der Waals surface area contributed by atoms with Gasteiger partial charge in [-0.3, -0.25) is 0 Å². The van der Waals surface area contributed by atoms with E-state index >= 15 is 0 Å². The van der Waals surface area contributed by atoms with Gasteiger partial charge in [0, 0.05) is 27.5 Å². The molecule has 1 aliphatic heterocycles. The van der Waals surface area contributed by atoms with Crippen molar-refractivity contribution in [2.24, 2.45) is 0 Å². The average Bonchev–Trinajstić information content (AvgIpc) is 3.23. The van der Waals surface area contributed by atoms with E-state index in [-0.39, 0.29) is 0 Å². The molecule has 0 fully saturated rings. The van der Waals surface area contributed by atoms with Crippen molar-refractivity contribution in [2.45, 2.75) is 26.7 Å². The van der Waals surface area contributed by atoms with Crippen molar-refractivity contribution in [1.82, 2.24) is 10.3 Å². The Balaban J connectivity index is 1.73. The summed E-state index contributed by atoms with van der Waals surface area (Å²) in [5, 5.41) is 7.26. The third-order valence-electron chi connectivity index (χ3n) is 5.89. The largest absolute Gasteiger partial charge is 0.466 e. The van der Waals surface area contributed by atoms with Gasteiger partial charge in [-0.1, -0.05) is 42.5 Å². The van der Waals surface area contributed by atoms with Crippen LogP contribution in [-0.4, -0.2) is 31.1 Å². The van der Waals surface area contributed by atoms with Crippen LogP contribution in [0.3, 0.4) is 0 Å². The Morgan fingerprint density at radius 1 is 0.914 bits per heavy atom. The smallest absolute Gasteiger partial charge is 0.336 e. The van der Waals surface area contributed by atoms with E-state index in [1.807, 2.05) is 61.5 Å². The van der Waals surface area contributed by atoms with Crippen molar-refractivity contribution in [3.05, 3.63) is 87.6 Å². The third kappa shape index (κ3) is 4.83. The first kappa shape index (κ1) is 24.2. The van der Waals surface area contributed by atoms with E-state index in [0.29, 0.717) is 22.5 Å². The minimum atomic E-state index is -0.643. The number of benzene rings is 2. The highest BCUT2D eigenvalue weighted by Crippen LogP contribution is 2.40. The third-order valence-corrected chi connectivity index (χ3v) is 6.77. The van der Waals surface area contributed by atoms with Crippen molar-refractivity contribution in [1.29, 1.82) is 0 Å². The topological polar surface area (TPSA) is 89.5 Å². The number of allylic oxidation sites excluding steroid dienone is 2. The van der Waals surface area contributed by atoms with Crippen LogP contribution in [0.2, 0.25) is 0 Å². The number of ether oxygens (including phenoxy) is 2. The maximum absolute atomic E-state index is 12.8. The van der Waals surface area contributed by atoms with Crippen LogP contribution in [0.4, 0.5) is 10.8 Å². The Bertz CT molecular complexity index is 1300. The number of methoxy groups -OCH3 is 2. The summed E-state index contributed by atoms with van der Waals surface area (Å²) in [5.41, 5.74) is 5.54. The minimum Gasteiger partial charge on any atom is -0.466 e. The monoisotopic (exact) mass is 489 g/mol. The van der Waals surface area contributed by atoms with Gasteiger partial charge < -0.3 is 20.1 Å². The number of nitrogens with one attached hydrogen (secondary N) is 2. The molecule has 0 amide bonds. The Hall–Kier alpha value is -3.91. The second-order valence-electron chi connectivity index (χ2n) is 8.16. The summed E-state index contributed by atoms with van der Waals surface area (Å²) in [5.74, 6) is -1.65. The van der Waals surface area contributed by atoms with Gasteiger partial charge >= 0.3 is 11.9 Å². The number of nitrogens with zero attached hydrogens (tertiary/aromatic N) is 1. The van der Waals surface area contributed by atoms with Crippen molar-refractivity contribution in [2.75, 3.05) is 19.5 Å². The number of aromatic nitrogens is 1. The molecular weight excluding hydrogens is 462 g/mol. The lowest BCUT2D eigenvalue weighted by Crippen LogP contribution is -2.32. The van der Waals surface area contributed by atoms with E-state index in [4.69, 9.17) is 14.5 Å². The molecule has 0 saturated carbocycles. The number of anilines is 2. The zero-order valence-corrected chi connectivity index (χ0v) is 21.1. The molecule has 7 nitrogen and oxygen atoms in total. The molecule has 2 aromatic carbocycles. The molecule has 1 aliphatic rings. The number of thiazole rings is 1. The lowest BCUT2D eigenvalue weighted by molar-refractivity contribution is -0.137. The Labute approximate surface area is 208 Å². The van der Waals surface area contributed by atoms with Gasteiger partial charge in [0.05, 0.1) is 37.0 Å². The van der Waals surface area contributed by atoms with Crippen LogP contribution in [-0.2, 0) is 19.1 Å². The maximum Gasteiger partial charge on any atom is 0.336 e. The number of aryl methyl sites for hydroxylation is 1. The lowest BCUT2D eigenvalue weighted by Gasteiger charge is -2.30. The van der Waals surface area contributed by atoms with Crippen LogP contribution < -0.4 is 10.6 Å².